The zero-order valence-electron chi connectivity index (χ0n) is 7.37. The Morgan fingerprint density at radius 3 is 2.93 bits per heavy atom. The molecule has 0 saturated carbocycles. The Morgan fingerprint density at radius 1 is 1.50 bits per heavy atom. The average molecular weight is 284 g/mol. The molecule has 0 unspecified atom stereocenters. The number of halogens is 1. The second kappa shape index (κ2) is 3.93. The first-order valence-electron chi connectivity index (χ1n) is 3.92. The van der Waals surface area contributed by atoms with E-state index in [4.69, 9.17) is 5.26 Å². The van der Waals surface area contributed by atoms with E-state index in [0.717, 1.165) is 14.2 Å². The predicted octanol–water partition coefficient (Wildman–Crippen LogP) is 4.26. The van der Waals surface area contributed by atoms with Gasteiger partial charge in [0.15, 0.2) is 0 Å². The molecule has 2 rings (SSSR count). The molecule has 4 heteroatoms. The van der Waals surface area contributed by atoms with Crippen LogP contribution in [0.5, 0.6) is 0 Å². The molecule has 0 radical (unpaired) electrons. The van der Waals surface area contributed by atoms with Gasteiger partial charge >= 0.3 is 0 Å². The summed E-state index contributed by atoms with van der Waals surface area (Å²) in [6.07, 6.45) is 2.00. The van der Waals surface area contributed by atoms with Crippen LogP contribution in [0.4, 0.5) is 0 Å². The summed E-state index contributed by atoms with van der Waals surface area (Å²) < 4.78 is 2.23. The zero-order chi connectivity index (χ0) is 10.1. The van der Waals surface area contributed by atoms with Crippen LogP contribution >= 0.6 is 39.0 Å². The molecule has 14 heavy (non-hydrogen) atoms. The second-order valence-electron chi connectivity index (χ2n) is 2.72. The molecule has 1 aromatic carbocycles. The number of nitriles is 1. The Kier molecular flexibility index (Phi) is 2.82. The predicted molar refractivity (Wildman–Crippen MR) is 66.0 cm³/mol. The van der Waals surface area contributed by atoms with Crippen LogP contribution in [0.3, 0.4) is 0 Å². The highest BCUT2D eigenvalue weighted by Gasteiger charge is 2.10. The van der Waals surface area contributed by atoms with E-state index in [9.17, 15) is 0 Å². The molecular formula is C10H6BrNS2. The fraction of sp³-hybridized carbons (Fsp3) is 0.100. The van der Waals surface area contributed by atoms with Gasteiger partial charge < -0.3 is 0 Å². The van der Waals surface area contributed by atoms with E-state index in [1.807, 2.05) is 18.4 Å². The number of benzene rings is 1. The van der Waals surface area contributed by atoms with Crippen molar-refractivity contribution in [2.24, 2.45) is 0 Å². The van der Waals surface area contributed by atoms with Crippen molar-refractivity contribution in [3.05, 3.63) is 27.5 Å². The van der Waals surface area contributed by atoms with Gasteiger partial charge in [-0.25, -0.2) is 0 Å². The highest BCUT2D eigenvalue weighted by atomic mass is 79.9. The van der Waals surface area contributed by atoms with E-state index in [0.29, 0.717) is 0 Å². The van der Waals surface area contributed by atoms with E-state index < -0.39 is 0 Å². The number of nitrogens with zero attached hydrogens (tertiary/aromatic N) is 1. The van der Waals surface area contributed by atoms with Crippen molar-refractivity contribution in [2.45, 2.75) is 4.90 Å². The fourth-order valence-electron chi connectivity index (χ4n) is 1.32. The lowest BCUT2D eigenvalue weighted by atomic mass is 10.2. The molecule has 0 N–H and O–H groups in total. The van der Waals surface area contributed by atoms with Gasteiger partial charge in [0.1, 0.15) is 10.9 Å². The van der Waals surface area contributed by atoms with E-state index in [1.54, 1.807) is 23.1 Å². The first-order chi connectivity index (χ1) is 6.76. The number of thiophene rings is 1. The minimum atomic E-state index is 0.811. The summed E-state index contributed by atoms with van der Waals surface area (Å²) >= 11 is 6.63. The number of rotatable bonds is 1. The smallest absolute Gasteiger partial charge is 0.119 e. The maximum atomic E-state index is 8.96. The summed E-state index contributed by atoms with van der Waals surface area (Å²) in [6, 6.07) is 8.36. The molecule has 0 fully saturated rings. The van der Waals surface area contributed by atoms with E-state index in [2.05, 4.69) is 28.1 Å². The monoisotopic (exact) mass is 283 g/mol. The van der Waals surface area contributed by atoms with Crippen LogP contribution in [0.1, 0.15) is 4.88 Å². The summed E-state index contributed by atoms with van der Waals surface area (Å²) in [5.74, 6) is 0. The van der Waals surface area contributed by atoms with Gasteiger partial charge in [-0.3, -0.25) is 0 Å². The van der Waals surface area contributed by atoms with Crippen LogP contribution in [-0.2, 0) is 0 Å². The van der Waals surface area contributed by atoms with Gasteiger partial charge in [-0.1, -0.05) is 15.9 Å². The van der Waals surface area contributed by atoms with Gasteiger partial charge in [0.05, 0.1) is 0 Å². The number of hydrogen-bond donors (Lipinski definition) is 0. The highest BCUT2D eigenvalue weighted by Crippen LogP contribution is 2.37. The molecule has 1 aromatic heterocycles. The summed E-state index contributed by atoms with van der Waals surface area (Å²) in [4.78, 5) is 1.90. The van der Waals surface area contributed by atoms with Crippen molar-refractivity contribution in [1.82, 2.24) is 0 Å². The first-order valence-corrected chi connectivity index (χ1v) is 6.76. The maximum absolute atomic E-state index is 8.96. The van der Waals surface area contributed by atoms with Gasteiger partial charge in [0.25, 0.3) is 0 Å². The molecule has 0 bridgehead atoms. The largest absolute Gasteiger partial charge is 0.191 e. The summed E-state index contributed by atoms with van der Waals surface area (Å²) in [5.41, 5.74) is 0. The Bertz CT molecular complexity index is 525. The highest BCUT2D eigenvalue weighted by molar-refractivity contribution is 9.10. The van der Waals surface area contributed by atoms with Crippen molar-refractivity contribution in [3.8, 4) is 6.07 Å². The molecule has 0 saturated heterocycles. The Hall–Kier alpha value is -0.500. The number of hydrogen-bond acceptors (Lipinski definition) is 3. The minimum Gasteiger partial charge on any atom is -0.191 e. The molecule has 0 amide bonds. The van der Waals surface area contributed by atoms with Gasteiger partial charge in [0, 0.05) is 19.5 Å². The lowest BCUT2D eigenvalue weighted by Gasteiger charge is -1.94. The quantitative estimate of drug-likeness (QED) is 0.731. The lowest BCUT2D eigenvalue weighted by molar-refractivity contribution is 1.48. The maximum Gasteiger partial charge on any atom is 0.119 e. The van der Waals surface area contributed by atoms with E-state index in [-0.39, 0.29) is 0 Å². The van der Waals surface area contributed by atoms with Crippen molar-refractivity contribution in [1.29, 1.82) is 5.26 Å². The third kappa shape index (κ3) is 1.56. The molecule has 70 valence electrons. The van der Waals surface area contributed by atoms with E-state index >= 15 is 0 Å². The topological polar surface area (TPSA) is 23.8 Å². The third-order valence-corrected chi connectivity index (χ3v) is 4.44. The van der Waals surface area contributed by atoms with Gasteiger partial charge in [-0.15, -0.1) is 23.1 Å². The van der Waals surface area contributed by atoms with Crippen molar-refractivity contribution in [2.75, 3.05) is 6.26 Å². The van der Waals surface area contributed by atoms with Crippen LogP contribution in [0, 0.1) is 11.3 Å². The molecule has 0 spiro atoms. The fourth-order valence-corrected chi connectivity index (χ4v) is 3.62. The standard InChI is InChI=1S/C10H6BrNS2/c1-13-10-7-4-6(11)2-3-8(7)14-9(10)5-12/h2-4H,1H3. The van der Waals surface area contributed by atoms with Gasteiger partial charge in [-0.2, -0.15) is 5.26 Å². The summed E-state index contributed by atoms with van der Waals surface area (Å²) in [5, 5.41) is 10.1. The molecule has 0 atom stereocenters. The van der Waals surface area contributed by atoms with Crippen LogP contribution < -0.4 is 0 Å². The molecular weight excluding hydrogens is 278 g/mol. The lowest BCUT2D eigenvalue weighted by Crippen LogP contribution is -1.71. The van der Waals surface area contributed by atoms with Crippen LogP contribution in [0.15, 0.2) is 27.6 Å². The minimum absolute atomic E-state index is 0.811. The first kappa shape index (κ1) is 10.0. The van der Waals surface area contributed by atoms with Crippen LogP contribution in [0.2, 0.25) is 0 Å². The normalized spacial score (nSPS) is 10.4. The molecule has 0 aliphatic heterocycles. The molecule has 0 aliphatic carbocycles. The van der Waals surface area contributed by atoms with Crippen LogP contribution in [0.25, 0.3) is 10.1 Å². The Morgan fingerprint density at radius 2 is 2.29 bits per heavy atom. The Labute approximate surface area is 98.9 Å². The second-order valence-corrected chi connectivity index (χ2v) is 5.50. The SMILES string of the molecule is CSc1c(C#N)sc2ccc(Br)cc12. The van der Waals surface area contributed by atoms with Crippen molar-refractivity contribution < 1.29 is 0 Å². The van der Waals surface area contributed by atoms with Crippen molar-refractivity contribution >= 4 is 49.1 Å². The zero-order valence-corrected chi connectivity index (χ0v) is 10.6. The van der Waals surface area contributed by atoms with Gasteiger partial charge in [-0.05, 0) is 24.5 Å². The van der Waals surface area contributed by atoms with Gasteiger partial charge in [0.2, 0.25) is 0 Å². The average Bonchev–Trinajstić information content (AvgIpc) is 2.54. The van der Waals surface area contributed by atoms with Crippen molar-refractivity contribution in [3.63, 3.8) is 0 Å². The summed E-state index contributed by atoms with van der Waals surface area (Å²) in [7, 11) is 0. The van der Waals surface area contributed by atoms with Crippen LogP contribution in [-0.4, -0.2) is 6.26 Å². The van der Waals surface area contributed by atoms with E-state index in [1.165, 1.54) is 10.1 Å². The summed E-state index contributed by atoms with van der Waals surface area (Å²) in [6.45, 7) is 0. The molecule has 0 aliphatic rings. The molecule has 1 heterocycles. The molecule has 2 aromatic rings. The Balaban J connectivity index is 2.83. The number of fused-ring (bicyclic) bond motifs is 1. The molecule has 1 nitrogen and oxygen atoms in total. The number of thioether (sulfide) groups is 1. The third-order valence-electron chi connectivity index (χ3n) is 1.91.